The van der Waals surface area contributed by atoms with Gasteiger partial charge in [-0.1, -0.05) is 13.8 Å². The Labute approximate surface area is 110 Å². The van der Waals surface area contributed by atoms with Crippen molar-refractivity contribution in [3.8, 4) is 0 Å². The van der Waals surface area contributed by atoms with Crippen LogP contribution in [0.4, 0.5) is 5.69 Å². The Morgan fingerprint density at radius 3 is 2.68 bits per heavy atom. The highest BCUT2D eigenvalue weighted by molar-refractivity contribution is 5.75. The Morgan fingerprint density at radius 1 is 1.58 bits per heavy atom. The number of hydrogen-bond acceptors (Lipinski definition) is 5. The van der Waals surface area contributed by atoms with Crippen molar-refractivity contribution >= 4 is 11.6 Å². The molecule has 0 unspecified atom stereocenters. The zero-order valence-corrected chi connectivity index (χ0v) is 11.0. The van der Waals surface area contributed by atoms with Gasteiger partial charge in [0.1, 0.15) is 18.9 Å². The van der Waals surface area contributed by atoms with Crippen molar-refractivity contribution in [3.05, 3.63) is 22.5 Å². The molecule has 0 aliphatic heterocycles. The van der Waals surface area contributed by atoms with Gasteiger partial charge in [0, 0.05) is 6.54 Å². The van der Waals surface area contributed by atoms with E-state index in [1.807, 2.05) is 13.8 Å². The Bertz CT molecular complexity index is 453. The van der Waals surface area contributed by atoms with Gasteiger partial charge in [0.05, 0.1) is 10.5 Å². The molecular formula is C11H18N4O4. The summed E-state index contributed by atoms with van der Waals surface area (Å²) in [6.45, 7) is 3.72. The van der Waals surface area contributed by atoms with Gasteiger partial charge in [-0.2, -0.15) is 5.10 Å². The topological polar surface area (TPSA) is 110 Å². The molecule has 0 aromatic carbocycles. The molecule has 0 saturated heterocycles. The molecule has 106 valence electrons. The highest BCUT2D eigenvalue weighted by Gasteiger charge is 2.22. The van der Waals surface area contributed by atoms with E-state index in [4.69, 9.17) is 0 Å². The number of amides is 1. The molecule has 0 atom stereocenters. The predicted molar refractivity (Wildman–Crippen MR) is 67.4 cm³/mol. The normalized spacial score (nSPS) is 11.3. The van der Waals surface area contributed by atoms with Gasteiger partial charge in [-0.05, 0) is 12.8 Å². The average Bonchev–Trinajstić information content (AvgIpc) is 2.84. The van der Waals surface area contributed by atoms with Crippen molar-refractivity contribution in [2.24, 2.45) is 0 Å². The molecule has 8 heteroatoms. The third kappa shape index (κ3) is 4.32. The van der Waals surface area contributed by atoms with Crippen LogP contribution in [0.3, 0.4) is 0 Å². The van der Waals surface area contributed by atoms with Crippen LogP contribution in [0.25, 0.3) is 0 Å². The van der Waals surface area contributed by atoms with Gasteiger partial charge >= 0.3 is 5.69 Å². The van der Waals surface area contributed by atoms with Crippen molar-refractivity contribution in [3.63, 3.8) is 0 Å². The first-order valence-corrected chi connectivity index (χ1v) is 6.06. The molecule has 1 rings (SSSR count). The van der Waals surface area contributed by atoms with Crippen LogP contribution in [0.5, 0.6) is 0 Å². The van der Waals surface area contributed by atoms with E-state index in [9.17, 15) is 20.0 Å². The number of aliphatic hydroxyl groups is 1. The number of aromatic nitrogens is 2. The van der Waals surface area contributed by atoms with Crippen LogP contribution in [-0.2, 0) is 11.3 Å². The fourth-order valence-electron chi connectivity index (χ4n) is 1.50. The van der Waals surface area contributed by atoms with E-state index in [-0.39, 0.29) is 24.7 Å². The summed E-state index contributed by atoms with van der Waals surface area (Å²) >= 11 is 0. The van der Waals surface area contributed by atoms with Crippen LogP contribution in [0.1, 0.15) is 26.7 Å². The summed E-state index contributed by atoms with van der Waals surface area (Å²) in [7, 11) is 0. The van der Waals surface area contributed by atoms with Crippen LogP contribution >= 0.6 is 0 Å². The lowest BCUT2D eigenvalue weighted by atomic mass is 9.98. The van der Waals surface area contributed by atoms with Gasteiger partial charge < -0.3 is 10.4 Å². The second-order valence-electron chi connectivity index (χ2n) is 4.36. The zero-order chi connectivity index (χ0) is 14.5. The highest BCUT2D eigenvalue weighted by atomic mass is 16.6. The number of carbonyl (C=O) groups is 1. The largest absolute Gasteiger partial charge is 0.388 e. The predicted octanol–water partition coefficient (Wildman–Crippen LogP) is 0.459. The van der Waals surface area contributed by atoms with Crippen molar-refractivity contribution < 1.29 is 14.8 Å². The summed E-state index contributed by atoms with van der Waals surface area (Å²) in [5.74, 6) is -0.349. The number of hydrogen-bond donors (Lipinski definition) is 2. The molecule has 0 bridgehead atoms. The molecule has 2 N–H and O–H groups in total. The third-order valence-corrected chi connectivity index (χ3v) is 3.07. The molecule has 0 fully saturated rings. The minimum absolute atomic E-state index is 0.114. The van der Waals surface area contributed by atoms with Gasteiger partial charge in [0.2, 0.25) is 5.91 Å². The van der Waals surface area contributed by atoms with Crippen molar-refractivity contribution in [1.82, 2.24) is 15.1 Å². The molecule has 0 aliphatic carbocycles. The Balaban J connectivity index is 2.49. The smallest absolute Gasteiger partial charge is 0.307 e. The first-order valence-electron chi connectivity index (χ1n) is 6.06. The van der Waals surface area contributed by atoms with Gasteiger partial charge in [-0.3, -0.25) is 19.6 Å². The molecule has 1 heterocycles. The SMILES string of the molecule is CCC(O)(CC)CNC(=O)Cn1cc([N+](=O)[O-])cn1. The molecule has 19 heavy (non-hydrogen) atoms. The maximum atomic E-state index is 11.6. The van der Waals surface area contributed by atoms with Gasteiger partial charge in [-0.15, -0.1) is 0 Å². The Morgan fingerprint density at radius 2 is 2.21 bits per heavy atom. The van der Waals surface area contributed by atoms with E-state index in [2.05, 4.69) is 10.4 Å². The van der Waals surface area contributed by atoms with E-state index in [1.54, 1.807) is 0 Å². The van der Waals surface area contributed by atoms with E-state index in [0.29, 0.717) is 12.8 Å². The second-order valence-corrected chi connectivity index (χ2v) is 4.36. The lowest BCUT2D eigenvalue weighted by Crippen LogP contribution is -2.43. The summed E-state index contributed by atoms with van der Waals surface area (Å²) in [5.41, 5.74) is -1.07. The Hall–Kier alpha value is -1.96. The first kappa shape index (κ1) is 15.1. The number of nitrogens with one attached hydrogen (secondary N) is 1. The number of nitrogens with zero attached hydrogens (tertiary/aromatic N) is 3. The van der Waals surface area contributed by atoms with Crippen LogP contribution < -0.4 is 5.32 Å². The molecule has 0 saturated carbocycles. The van der Waals surface area contributed by atoms with Gasteiger partial charge in [0.25, 0.3) is 0 Å². The van der Waals surface area contributed by atoms with Crippen molar-refractivity contribution in [2.45, 2.75) is 38.8 Å². The first-order chi connectivity index (χ1) is 8.90. The molecule has 0 radical (unpaired) electrons. The molecule has 1 amide bonds. The van der Waals surface area contributed by atoms with Crippen molar-refractivity contribution in [2.75, 3.05) is 6.54 Å². The van der Waals surface area contributed by atoms with E-state index < -0.39 is 10.5 Å². The van der Waals surface area contributed by atoms with E-state index >= 15 is 0 Å². The van der Waals surface area contributed by atoms with Crippen molar-refractivity contribution in [1.29, 1.82) is 0 Å². The maximum absolute atomic E-state index is 11.6. The molecular weight excluding hydrogens is 252 g/mol. The number of nitro groups is 1. The molecule has 0 aliphatic rings. The Kier molecular flexibility index (Phi) is 4.99. The minimum Gasteiger partial charge on any atom is -0.388 e. The lowest BCUT2D eigenvalue weighted by Gasteiger charge is -2.25. The molecule has 1 aromatic rings. The fourth-order valence-corrected chi connectivity index (χ4v) is 1.50. The number of carbonyl (C=O) groups excluding carboxylic acids is 1. The minimum atomic E-state index is -0.911. The monoisotopic (exact) mass is 270 g/mol. The second kappa shape index (κ2) is 6.28. The summed E-state index contributed by atoms with van der Waals surface area (Å²) in [5, 5.41) is 26.8. The third-order valence-electron chi connectivity index (χ3n) is 3.07. The average molecular weight is 270 g/mol. The summed E-state index contributed by atoms with van der Waals surface area (Å²) in [4.78, 5) is 21.5. The fraction of sp³-hybridized carbons (Fsp3) is 0.636. The summed E-state index contributed by atoms with van der Waals surface area (Å²) < 4.78 is 1.18. The van der Waals surface area contributed by atoms with Crippen LogP contribution in [0.2, 0.25) is 0 Å². The molecule has 0 spiro atoms. The van der Waals surface area contributed by atoms with E-state index in [0.717, 1.165) is 6.20 Å². The van der Waals surface area contributed by atoms with Gasteiger partial charge in [-0.25, -0.2) is 0 Å². The maximum Gasteiger partial charge on any atom is 0.307 e. The number of rotatable bonds is 7. The molecule has 8 nitrogen and oxygen atoms in total. The summed E-state index contributed by atoms with van der Waals surface area (Å²) in [6, 6.07) is 0. The van der Waals surface area contributed by atoms with Crippen LogP contribution in [0, 0.1) is 10.1 Å². The quantitative estimate of drug-likeness (QED) is 0.552. The zero-order valence-electron chi connectivity index (χ0n) is 11.0. The molecule has 1 aromatic heterocycles. The highest BCUT2D eigenvalue weighted by Crippen LogP contribution is 2.12. The van der Waals surface area contributed by atoms with Crippen LogP contribution in [-0.4, -0.2) is 37.9 Å². The lowest BCUT2D eigenvalue weighted by molar-refractivity contribution is -0.385. The summed E-state index contributed by atoms with van der Waals surface area (Å²) in [6.07, 6.45) is 3.35. The van der Waals surface area contributed by atoms with Gasteiger partial charge in [0.15, 0.2) is 0 Å². The standard InChI is InChI=1S/C11H18N4O4/c1-3-11(17,4-2)8-12-10(16)7-14-6-9(5-13-14)15(18)19/h5-6,17H,3-4,7-8H2,1-2H3,(H,12,16). The van der Waals surface area contributed by atoms with E-state index in [1.165, 1.54) is 10.9 Å². The van der Waals surface area contributed by atoms with Crippen LogP contribution in [0.15, 0.2) is 12.4 Å².